The number of hydrogen-bond donors (Lipinski definition) is 0. The maximum absolute atomic E-state index is 6.48. The molecule has 0 bridgehead atoms. The average molecular weight is 364 g/mol. The van der Waals surface area contributed by atoms with E-state index in [1.165, 1.54) is 16.9 Å². The number of benzene rings is 1. The van der Waals surface area contributed by atoms with Gasteiger partial charge in [-0.1, -0.05) is 49.7 Å². The number of halogens is 3. The zero-order chi connectivity index (χ0) is 13.3. The van der Waals surface area contributed by atoms with Crippen molar-refractivity contribution in [3.05, 3.63) is 55.1 Å². The lowest BCUT2D eigenvalue weighted by molar-refractivity contribution is 0.865. The van der Waals surface area contributed by atoms with Crippen LogP contribution in [0.2, 0.25) is 4.34 Å². The van der Waals surface area contributed by atoms with Crippen molar-refractivity contribution in [3.8, 4) is 0 Å². The average Bonchev–Trinajstić information content (AvgIpc) is 2.69. The van der Waals surface area contributed by atoms with Gasteiger partial charge in [0.05, 0.1) is 5.38 Å². The zero-order valence-corrected chi connectivity index (χ0v) is 14.0. The van der Waals surface area contributed by atoms with Gasteiger partial charge in [0.1, 0.15) is 4.34 Å². The van der Waals surface area contributed by atoms with Gasteiger partial charge in [0.15, 0.2) is 0 Å². The van der Waals surface area contributed by atoms with Gasteiger partial charge in [-0.05, 0) is 39.0 Å². The zero-order valence-electron chi connectivity index (χ0n) is 10.1. The fourth-order valence-corrected chi connectivity index (χ4v) is 3.79. The Bertz CT molecular complexity index is 512. The van der Waals surface area contributed by atoms with Crippen LogP contribution in [0.4, 0.5) is 0 Å². The minimum absolute atomic E-state index is 0.139. The highest BCUT2D eigenvalue weighted by molar-refractivity contribution is 9.10. The second-order valence-electron chi connectivity index (χ2n) is 4.45. The first kappa shape index (κ1) is 14.4. The summed E-state index contributed by atoms with van der Waals surface area (Å²) in [5.74, 6) is 0.540. The molecule has 0 fully saturated rings. The van der Waals surface area contributed by atoms with Crippen LogP contribution < -0.4 is 0 Å². The molecule has 2 rings (SSSR count). The van der Waals surface area contributed by atoms with Crippen LogP contribution in [0.5, 0.6) is 0 Å². The number of rotatable bonds is 3. The number of thiophene rings is 1. The summed E-state index contributed by atoms with van der Waals surface area (Å²) in [6.07, 6.45) is 0. The predicted octanol–water partition coefficient (Wildman–Crippen LogP) is 6.62. The molecule has 0 saturated heterocycles. The molecule has 0 aliphatic carbocycles. The molecule has 1 aromatic carbocycles. The van der Waals surface area contributed by atoms with E-state index in [9.17, 15) is 0 Å². The molecule has 0 radical (unpaired) electrons. The maximum atomic E-state index is 6.48. The van der Waals surface area contributed by atoms with E-state index >= 15 is 0 Å². The third-order valence-corrected chi connectivity index (χ3v) is 5.97. The Hall–Kier alpha value is -0.0200. The van der Waals surface area contributed by atoms with E-state index in [1.54, 1.807) is 0 Å². The Kier molecular flexibility index (Phi) is 4.76. The Morgan fingerprint density at radius 1 is 1.11 bits per heavy atom. The molecule has 18 heavy (non-hydrogen) atoms. The Labute approximate surface area is 130 Å². The van der Waals surface area contributed by atoms with Crippen LogP contribution in [0.15, 0.2) is 34.8 Å². The molecule has 96 valence electrons. The molecule has 1 atom stereocenters. The molecule has 1 unspecified atom stereocenters. The van der Waals surface area contributed by atoms with Crippen molar-refractivity contribution in [3.63, 3.8) is 0 Å². The topological polar surface area (TPSA) is 0 Å². The largest absolute Gasteiger partial charge is 0.125 e. The summed E-state index contributed by atoms with van der Waals surface area (Å²) in [6, 6.07) is 10.4. The molecule has 0 aliphatic heterocycles. The molecular formula is C14H13BrCl2S. The van der Waals surface area contributed by atoms with E-state index in [1.807, 2.05) is 6.07 Å². The van der Waals surface area contributed by atoms with Crippen molar-refractivity contribution in [2.24, 2.45) is 0 Å². The number of hydrogen-bond acceptors (Lipinski definition) is 1. The highest BCUT2D eigenvalue weighted by Crippen LogP contribution is 2.40. The van der Waals surface area contributed by atoms with Crippen molar-refractivity contribution >= 4 is 50.5 Å². The van der Waals surface area contributed by atoms with Crippen molar-refractivity contribution in [2.45, 2.75) is 25.1 Å². The van der Waals surface area contributed by atoms with Crippen LogP contribution >= 0.6 is 50.5 Å². The van der Waals surface area contributed by atoms with Gasteiger partial charge in [0, 0.05) is 9.35 Å². The lowest BCUT2D eigenvalue weighted by atomic mass is 10.0. The Morgan fingerprint density at radius 3 is 2.11 bits per heavy atom. The van der Waals surface area contributed by atoms with E-state index in [0.29, 0.717) is 5.92 Å². The monoisotopic (exact) mass is 362 g/mol. The second-order valence-corrected chi connectivity index (χ2v) is 7.43. The van der Waals surface area contributed by atoms with Gasteiger partial charge in [-0.15, -0.1) is 22.9 Å². The van der Waals surface area contributed by atoms with Gasteiger partial charge in [-0.25, -0.2) is 0 Å². The number of alkyl halides is 1. The van der Waals surface area contributed by atoms with Crippen molar-refractivity contribution in [2.75, 3.05) is 0 Å². The minimum Gasteiger partial charge on any atom is -0.125 e. The molecule has 0 nitrogen and oxygen atoms in total. The molecule has 1 aromatic heterocycles. The highest BCUT2D eigenvalue weighted by atomic mass is 79.9. The standard InChI is InChI=1S/C14H13BrCl2S/c1-8(2)9-3-5-10(6-4-9)13(16)12-7-11(15)14(17)18-12/h3-8,13H,1-2H3. The van der Waals surface area contributed by atoms with Gasteiger partial charge in [-0.3, -0.25) is 0 Å². The van der Waals surface area contributed by atoms with Crippen LogP contribution in [-0.4, -0.2) is 0 Å². The molecular weight excluding hydrogens is 351 g/mol. The maximum Gasteiger partial charge on any atom is 0.107 e. The fourth-order valence-electron chi connectivity index (χ4n) is 1.70. The summed E-state index contributed by atoms with van der Waals surface area (Å²) in [4.78, 5) is 1.06. The van der Waals surface area contributed by atoms with E-state index < -0.39 is 0 Å². The third-order valence-electron chi connectivity index (χ3n) is 2.81. The summed E-state index contributed by atoms with van der Waals surface area (Å²) in [5.41, 5.74) is 2.43. The van der Waals surface area contributed by atoms with Crippen molar-refractivity contribution in [1.29, 1.82) is 0 Å². The van der Waals surface area contributed by atoms with E-state index in [4.69, 9.17) is 23.2 Å². The van der Waals surface area contributed by atoms with E-state index in [0.717, 1.165) is 19.2 Å². The van der Waals surface area contributed by atoms with Gasteiger partial charge < -0.3 is 0 Å². The molecule has 0 spiro atoms. The quantitative estimate of drug-likeness (QED) is 0.537. The summed E-state index contributed by atoms with van der Waals surface area (Å²) in [5, 5.41) is -0.139. The smallest absolute Gasteiger partial charge is 0.107 e. The molecule has 0 N–H and O–H groups in total. The first-order chi connectivity index (χ1) is 8.49. The summed E-state index contributed by atoms with van der Waals surface area (Å²) >= 11 is 17.4. The normalized spacial score (nSPS) is 13.0. The van der Waals surface area contributed by atoms with E-state index in [2.05, 4.69) is 54.0 Å². The van der Waals surface area contributed by atoms with E-state index in [-0.39, 0.29) is 5.38 Å². The fraction of sp³-hybridized carbons (Fsp3) is 0.286. The van der Waals surface area contributed by atoms with Gasteiger partial charge >= 0.3 is 0 Å². The molecule has 2 aromatic rings. The summed E-state index contributed by atoms with van der Waals surface area (Å²) in [6.45, 7) is 4.37. The first-order valence-electron chi connectivity index (χ1n) is 5.67. The lowest BCUT2D eigenvalue weighted by Crippen LogP contribution is -1.92. The minimum atomic E-state index is -0.139. The second kappa shape index (κ2) is 5.96. The lowest BCUT2D eigenvalue weighted by Gasteiger charge is -2.10. The van der Waals surface area contributed by atoms with Gasteiger partial charge in [0.25, 0.3) is 0 Å². The van der Waals surface area contributed by atoms with Crippen molar-refractivity contribution < 1.29 is 0 Å². The van der Waals surface area contributed by atoms with Crippen LogP contribution in [0.25, 0.3) is 0 Å². The van der Waals surface area contributed by atoms with Gasteiger partial charge in [0.2, 0.25) is 0 Å². The predicted molar refractivity (Wildman–Crippen MR) is 85.3 cm³/mol. The third kappa shape index (κ3) is 3.11. The SMILES string of the molecule is CC(C)c1ccc(C(Cl)c2cc(Br)c(Cl)s2)cc1. The van der Waals surface area contributed by atoms with Crippen LogP contribution in [0.1, 0.15) is 41.1 Å². The molecule has 1 heterocycles. The molecule has 4 heteroatoms. The molecule has 0 amide bonds. The highest BCUT2D eigenvalue weighted by Gasteiger charge is 2.15. The molecule has 0 aliphatic rings. The van der Waals surface area contributed by atoms with Crippen LogP contribution in [-0.2, 0) is 0 Å². The van der Waals surface area contributed by atoms with Crippen LogP contribution in [0, 0.1) is 0 Å². The van der Waals surface area contributed by atoms with Crippen LogP contribution in [0.3, 0.4) is 0 Å². The summed E-state index contributed by atoms with van der Waals surface area (Å²) < 4.78 is 1.66. The summed E-state index contributed by atoms with van der Waals surface area (Å²) in [7, 11) is 0. The van der Waals surface area contributed by atoms with Gasteiger partial charge in [-0.2, -0.15) is 0 Å². The first-order valence-corrected chi connectivity index (χ1v) is 8.10. The van der Waals surface area contributed by atoms with Crippen molar-refractivity contribution in [1.82, 2.24) is 0 Å². The Morgan fingerprint density at radius 2 is 1.67 bits per heavy atom. The Balaban J connectivity index is 2.25. The molecule has 0 saturated carbocycles.